The monoisotopic (exact) mass is 333 g/mol. The van der Waals surface area contributed by atoms with Crippen LogP contribution in [0.2, 0.25) is 0 Å². The summed E-state index contributed by atoms with van der Waals surface area (Å²) in [5.41, 5.74) is 1.07. The van der Waals surface area contributed by atoms with E-state index in [1.54, 1.807) is 30.3 Å². The van der Waals surface area contributed by atoms with Crippen LogP contribution in [0.15, 0.2) is 76.0 Å². The third kappa shape index (κ3) is 3.29. The molecule has 0 saturated carbocycles. The molecule has 6 heteroatoms. The molecule has 0 spiro atoms. The van der Waals surface area contributed by atoms with Crippen LogP contribution in [0.5, 0.6) is 0 Å². The minimum absolute atomic E-state index is 0.213. The molecular weight excluding hydrogens is 322 g/mol. The third-order valence-electron chi connectivity index (χ3n) is 2.78. The van der Waals surface area contributed by atoms with Gasteiger partial charge in [-0.3, -0.25) is 0 Å². The lowest BCUT2D eigenvalue weighted by Crippen LogP contribution is -2.02. The fraction of sp³-hybridized carbons (Fsp3) is 0. The normalized spacial score (nSPS) is 12.5. The predicted molar refractivity (Wildman–Crippen MR) is 86.8 cm³/mol. The zero-order valence-electron chi connectivity index (χ0n) is 10.8. The molecule has 0 aliphatic carbocycles. The summed E-state index contributed by atoms with van der Waals surface area (Å²) < 4.78 is 28.8. The molecule has 3 rings (SSSR count). The van der Waals surface area contributed by atoms with Gasteiger partial charge in [-0.1, -0.05) is 69.2 Å². The van der Waals surface area contributed by atoms with Gasteiger partial charge in [0.05, 0.1) is 4.90 Å². The molecule has 0 N–H and O–H groups in total. The molecule has 0 aliphatic heterocycles. The lowest BCUT2D eigenvalue weighted by atomic mass is 10.2. The highest BCUT2D eigenvalue weighted by atomic mass is 32.9. The third-order valence-corrected chi connectivity index (χ3v) is 6.50. The van der Waals surface area contributed by atoms with Crippen molar-refractivity contribution >= 4 is 30.7 Å². The maximum atomic E-state index is 12.2. The van der Waals surface area contributed by atoms with Crippen molar-refractivity contribution in [2.45, 2.75) is 4.90 Å². The van der Waals surface area contributed by atoms with Crippen molar-refractivity contribution in [1.82, 2.24) is 0 Å². The molecular formula is C15H11NO2S3. The van der Waals surface area contributed by atoms with Crippen LogP contribution in [0.3, 0.4) is 0 Å². The highest BCUT2D eigenvalue weighted by Crippen LogP contribution is 2.25. The standard InChI is InChI=1S/C15H11NO2S3/c17-21(18,13-9-5-2-6-10-13)16-15-11-14(19-20-15)12-7-3-1-4-8-12/h1-11H/b16-15-. The van der Waals surface area contributed by atoms with E-state index >= 15 is 0 Å². The second kappa shape index (κ2) is 5.93. The van der Waals surface area contributed by atoms with Crippen LogP contribution in [-0.2, 0) is 10.0 Å². The van der Waals surface area contributed by atoms with Crippen LogP contribution < -0.4 is 4.67 Å². The largest absolute Gasteiger partial charge is 0.283 e. The van der Waals surface area contributed by atoms with Crippen molar-refractivity contribution < 1.29 is 8.42 Å². The van der Waals surface area contributed by atoms with Crippen LogP contribution >= 0.6 is 20.7 Å². The van der Waals surface area contributed by atoms with Gasteiger partial charge in [-0.2, -0.15) is 8.42 Å². The van der Waals surface area contributed by atoms with E-state index in [1.165, 1.54) is 20.7 Å². The number of benzene rings is 2. The zero-order valence-corrected chi connectivity index (χ0v) is 13.3. The van der Waals surface area contributed by atoms with Crippen molar-refractivity contribution in [3.63, 3.8) is 0 Å². The highest BCUT2D eigenvalue weighted by molar-refractivity contribution is 7.90. The van der Waals surface area contributed by atoms with E-state index in [1.807, 2.05) is 36.4 Å². The summed E-state index contributed by atoms with van der Waals surface area (Å²) >= 11 is 0. The first-order chi connectivity index (χ1) is 10.1. The van der Waals surface area contributed by atoms with Gasteiger partial charge < -0.3 is 0 Å². The summed E-state index contributed by atoms with van der Waals surface area (Å²) in [6.07, 6.45) is 0. The Hall–Kier alpha value is -1.76. The summed E-state index contributed by atoms with van der Waals surface area (Å²) in [7, 11) is -0.756. The molecule has 21 heavy (non-hydrogen) atoms. The summed E-state index contributed by atoms with van der Waals surface area (Å²) in [6, 6.07) is 19.9. The molecule has 1 heterocycles. The molecule has 0 fully saturated rings. The van der Waals surface area contributed by atoms with Crippen molar-refractivity contribution in [2.75, 3.05) is 0 Å². The molecule has 2 aromatic carbocycles. The molecule has 0 saturated heterocycles. The van der Waals surface area contributed by atoms with Gasteiger partial charge in [0.2, 0.25) is 0 Å². The fourth-order valence-corrected chi connectivity index (χ4v) is 5.28. The molecule has 1 aromatic heterocycles. The highest BCUT2D eigenvalue weighted by Gasteiger charge is 2.11. The van der Waals surface area contributed by atoms with Gasteiger partial charge in [0.15, 0.2) is 0 Å². The quantitative estimate of drug-likeness (QED) is 0.685. The van der Waals surface area contributed by atoms with Crippen LogP contribution in [0, 0.1) is 0 Å². The molecule has 106 valence electrons. The van der Waals surface area contributed by atoms with E-state index < -0.39 is 10.0 Å². The average Bonchev–Trinajstić information content (AvgIpc) is 2.97. The van der Waals surface area contributed by atoms with E-state index in [4.69, 9.17) is 0 Å². The van der Waals surface area contributed by atoms with Gasteiger partial charge in [-0.05, 0) is 23.8 Å². The van der Waals surface area contributed by atoms with Gasteiger partial charge >= 0.3 is 0 Å². The van der Waals surface area contributed by atoms with Gasteiger partial charge in [-0.25, -0.2) is 0 Å². The first-order valence-corrected chi connectivity index (χ1v) is 9.76. The smallest absolute Gasteiger partial charge is 0.199 e. The molecule has 0 atom stereocenters. The number of nitrogens with zero attached hydrogens (tertiary/aromatic N) is 1. The lowest BCUT2D eigenvalue weighted by molar-refractivity contribution is 0.597. The van der Waals surface area contributed by atoms with Crippen molar-refractivity contribution in [1.29, 1.82) is 0 Å². The van der Waals surface area contributed by atoms with Gasteiger partial charge in [0.25, 0.3) is 10.0 Å². The Morgan fingerprint density at radius 2 is 1.43 bits per heavy atom. The topological polar surface area (TPSA) is 46.5 Å². The Kier molecular flexibility index (Phi) is 4.01. The van der Waals surface area contributed by atoms with E-state index in [9.17, 15) is 8.42 Å². The number of hydrogen-bond donors (Lipinski definition) is 0. The zero-order chi connectivity index (χ0) is 14.7. The van der Waals surface area contributed by atoms with E-state index in [2.05, 4.69) is 4.40 Å². The summed E-state index contributed by atoms with van der Waals surface area (Å²) in [6.45, 7) is 0. The second-order valence-corrected chi connectivity index (χ2v) is 8.05. The van der Waals surface area contributed by atoms with Crippen LogP contribution in [0.1, 0.15) is 0 Å². The first-order valence-electron chi connectivity index (χ1n) is 6.17. The maximum Gasteiger partial charge on any atom is 0.283 e. The molecule has 0 unspecified atom stereocenters. The number of hydrogen-bond acceptors (Lipinski definition) is 4. The summed E-state index contributed by atoms with van der Waals surface area (Å²) in [5.74, 6) is 0. The minimum atomic E-state index is -3.64. The molecule has 0 radical (unpaired) electrons. The maximum absolute atomic E-state index is 12.2. The van der Waals surface area contributed by atoms with Crippen LogP contribution in [-0.4, -0.2) is 8.42 Å². The number of sulfonamides is 1. The van der Waals surface area contributed by atoms with E-state index in [0.29, 0.717) is 4.67 Å². The average molecular weight is 333 g/mol. The Bertz CT molecular complexity index is 895. The Balaban J connectivity index is 2.00. The Morgan fingerprint density at radius 3 is 2.10 bits per heavy atom. The molecule has 3 aromatic rings. The molecule has 3 nitrogen and oxygen atoms in total. The predicted octanol–water partition coefficient (Wildman–Crippen LogP) is 3.77. The molecule has 0 amide bonds. The first kappa shape index (κ1) is 14.2. The molecule has 0 bridgehead atoms. The summed E-state index contributed by atoms with van der Waals surface area (Å²) in [4.78, 5) is 1.23. The van der Waals surface area contributed by atoms with E-state index in [0.717, 1.165) is 10.4 Å². The Morgan fingerprint density at radius 1 is 0.810 bits per heavy atom. The minimum Gasteiger partial charge on any atom is -0.199 e. The molecule has 0 aliphatic rings. The summed E-state index contributed by atoms with van der Waals surface area (Å²) in [5, 5.41) is 0. The SMILES string of the molecule is O=S(=O)(/N=c1/cc(-c2ccccc2)ss1)c1ccccc1. The van der Waals surface area contributed by atoms with E-state index in [-0.39, 0.29) is 4.90 Å². The van der Waals surface area contributed by atoms with Crippen LogP contribution in [0.4, 0.5) is 0 Å². The second-order valence-electron chi connectivity index (χ2n) is 4.26. The van der Waals surface area contributed by atoms with Crippen LogP contribution in [0.25, 0.3) is 10.4 Å². The number of rotatable bonds is 3. The fourth-order valence-electron chi connectivity index (χ4n) is 1.79. The van der Waals surface area contributed by atoms with Gasteiger partial charge in [0.1, 0.15) is 4.67 Å². The van der Waals surface area contributed by atoms with Gasteiger partial charge in [-0.15, -0.1) is 4.40 Å². The Labute approximate surface area is 130 Å². The van der Waals surface area contributed by atoms with Crippen molar-refractivity contribution in [2.24, 2.45) is 4.40 Å². The lowest BCUT2D eigenvalue weighted by Gasteiger charge is -1.95. The van der Waals surface area contributed by atoms with Crippen molar-refractivity contribution in [3.8, 4) is 10.4 Å². The van der Waals surface area contributed by atoms with Gasteiger partial charge in [0, 0.05) is 4.88 Å². The van der Waals surface area contributed by atoms with Crippen molar-refractivity contribution in [3.05, 3.63) is 71.4 Å².